The molecule has 0 amide bonds. The van der Waals surface area contributed by atoms with Gasteiger partial charge in [0.1, 0.15) is 0 Å². The Morgan fingerprint density at radius 2 is 2.00 bits per heavy atom. The monoisotopic (exact) mass is 173 g/mol. The molecule has 0 unspecified atom stereocenters. The molecule has 2 N–H and O–H groups in total. The van der Waals surface area contributed by atoms with E-state index in [4.69, 9.17) is 5.73 Å². The fourth-order valence-corrected chi connectivity index (χ4v) is 2.86. The molecule has 0 aromatic rings. The summed E-state index contributed by atoms with van der Waals surface area (Å²) in [6.07, 6.45) is 6.30. The van der Waals surface area contributed by atoms with Gasteiger partial charge in [-0.15, -0.1) is 0 Å². The van der Waals surface area contributed by atoms with Gasteiger partial charge in [0.25, 0.3) is 0 Å². The van der Waals surface area contributed by atoms with E-state index in [9.17, 15) is 0 Å². The van der Waals surface area contributed by atoms with Gasteiger partial charge >= 0.3 is 0 Å². The van der Waals surface area contributed by atoms with E-state index in [-0.39, 0.29) is 5.54 Å². The molecule has 0 radical (unpaired) electrons. The first kappa shape index (κ1) is 9.40. The van der Waals surface area contributed by atoms with E-state index in [0.29, 0.717) is 0 Å². The summed E-state index contributed by atoms with van der Waals surface area (Å²) >= 11 is 2.05. The Balaban J connectivity index is 2.25. The Bertz CT molecular complexity index is 108. The van der Waals surface area contributed by atoms with E-state index in [0.717, 1.165) is 0 Å². The lowest BCUT2D eigenvalue weighted by molar-refractivity contribution is 0.354. The summed E-state index contributed by atoms with van der Waals surface area (Å²) < 4.78 is 0. The second kappa shape index (κ2) is 4.36. The number of thioether (sulfide) groups is 1. The van der Waals surface area contributed by atoms with Gasteiger partial charge in [0.05, 0.1) is 0 Å². The fraction of sp³-hybridized carbons (Fsp3) is 1.00. The van der Waals surface area contributed by atoms with E-state index < -0.39 is 0 Å². The molecule has 0 atom stereocenters. The highest BCUT2D eigenvalue weighted by molar-refractivity contribution is 7.99. The minimum Gasteiger partial charge on any atom is -0.325 e. The maximum Gasteiger partial charge on any atom is 0.0170 e. The number of hydrogen-bond donors (Lipinski definition) is 1. The van der Waals surface area contributed by atoms with Crippen molar-refractivity contribution in [1.29, 1.82) is 0 Å². The van der Waals surface area contributed by atoms with Crippen molar-refractivity contribution in [3.05, 3.63) is 0 Å². The largest absolute Gasteiger partial charge is 0.325 e. The molecule has 0 aromatic heterocycles. The van der Waals surface area contributed by atoms with Crippen LogP contribution in [0.2, 0.25) is 0 Å². The number of rotatable bonds is 3. The van der Waals surface area contributed by atoms with E-state index in [1.807, 2.05) is 0 Å². The van der Waals surface area contributed by atoms with E-state index in [2.05, 4.69) is 18.7 Å². The third kappa shape index (κ3) is 3.04. The highest BCUT2D eigenvalue weighted by Gasteiger charge is 2.26. The Hall–Kier alpha value is 0.310. The number of hydrogen-bond acceptors (Lipinski definition) is 2. The van der Waals surface area contributed by atoms with E-state index >= 15 is 0 Å². The zero-order chi connectivity index (χ0) is 8.16. The van der Waals surface area contributed by atoms with Crippen molar-refractivity contribution in [1.82, 2.24) is 0 Å². The van der Waals surface area contributed by atoms with Gasteiger partial charge in [0, 0.05) is 5.54 Å². The SMILES string of the molecule is CCCCC1(N)CCSCC1. The minimum absolute atomic E-state index is 0.210. The van der Waals surface area contributed by atoms with Crippen LogP contribution in [0.25, 0.3) is 0 Å². The van der Waals surface area contributed by atoms with Gasteiger partial charge in [0.15, 0.2) is 0 Å². The molecule has 1 nitrogen and oxygen atoms in total. The summed E-state index contributed by atoms with van der Waals surface area (Å²) in [5, 5.41) is 0. The van der Waals surface area contributed by atoms with Crippen LogP contribution in [0.3, 0.4) is 0 Å². The summed E-state index contributed by atoms with van der Waals surface area (Å²) in [6.45, 7) is 2.24. The Kier molecular flexibility index (Phi) is 3.73. The first-order valence-electron chi connectivity index (χ1n) is 4.63. The van der Waals surface area contributed by atoms with Crippen LogP contribution < -0.4 is 5.73 Å². The molecule has 0 saturated carbocycles. The predicted molar refractivity (Wildman–Crippen MR) is 53.0 cm³/mol. The standard InChI is InChI=1S/C9H19NS/c1-2-3-4-9(10)5-7-11-8-6-9/h2-8,10H2,1H3. The third-order valence-corrected chi connectivity index (χ3v) is 3.50. The van der Waals surface area contributed by atoms with Crippen LogP contribution in [0.15, 0.2) is 0 Å². The van der Waals surface area contributed by atoms with Crippen LogP contribution in [0.4, 0.5) is 0 Å². The van der Waals surface area contributed by atoms with Gasteiger partial charge in [-0.05, 0) is 30.8 Å². The van der Waals surface area contributed by atoms with Gasteiger partial charge in [-0.1, -0.05) is 19.8 Å². The zero-order valence-corrected chi connectivity index (χ0v) is 8.25. The number of nitrogens with two attached hydrogens (primary N) is 1. The summed E-state index contributed by atoms with van der Waals surface area (Å²) in [5.41, 5.74) is 6.44. The molecule has 11 heavy (non-hydrogen) atoms. The van der Waals surface area contributed by atoms with Crippen molar-refractivity contribution in [2.24, 2.45) is 5.73 Å². The molecule has 1 aliphatic heterocycles. The van der Waals surface area contributed by atoms with Crippen LogP contribution >= 0.6 is 11.8 Å². The van der Waals surface area contributed by atoms with Crippen molar-refractivity contribution >= 4 is 11.8 Å². The van der Waals surface area contributed by atoms with E-state index in [1.165, 1.54) is 43.6 Å². The first-order chi connectivity index (χ1) is 5.27. The van der Waals surface area contributed by atoms with Crippen molar-refractivity contribution in [2.75, 3.05) is 11.5 Å². The quantitative estimate of drug-likeness (QED) is 0.709. The Morgan fingerprint density at radius 3 is 2.55 bits per heavy atom. The highest BCUT2D eigenvalue weighted by atomic mass is 32.2. The average molecular weight is 173 g/mol. The number of unbranched alkanes of at least 4 members (excludes halogenated alkanes) is 1. The van der Waals surface area contributed by atoms with E-state index in [1.54, 1.807) is 0 Å². The second-order valence-corrected chi connectivity index (χ2v) is 4.80. The molecular weight excluding hydrogens is 154 g/mol. The summed E-state index contributed by atoms with van der Waals surface area (Å²) in [7, 11) is 0. The van der Waals surface area contributed by atoms with Gasteiger partial charge in [-0.3, -0.25) is 0 Å². The molecule has 1 rings (SSSR count). The molecule has 1 heterocycles. The van der Waals surface area contributed by atoms with Crippen molar-refractivity contribution in [3.63, 3.8) is 0 Å². The molecule has 2 heteroatoms. The lowest BCUT2D eigenvalue weighted by atomic mass is 9.88. The average Bonchev–Trinajstić information content (AvgIpc) is 2.03. The zero-order valence-electron chi connectivity index (χ0n) is 7.44. The normalized spacial score (nSPS) is 23.5. The van der Waals surface area contributed by atoms with Crippen LogP contribution in [-0.4, -0.2) is 17.0 Å². The van der Waals surface area contributed by atoms with Gasteiger partial charge in [0.2, 0.25) is 0 Å². The molecule has 0 spiro atoms. The van der Waals surface area contributed by atoms with Gasteiger partial charge < -0.3 is 5.73 Å². The molecule has 1 saturated heterocycles. The topological polar surface area (TPSA) is 26.0 Å². The first-order valence-corrected chi connectivity index (χ1v) is 5.79. The summed E-state index contributed by atoms with van der Waals surface area (Å²) in [5.74, 6) is 2.56. The maximum absolute atomic E-state index is 6.23. The smallest absolute Gasteiger partial charge is 0.0170 e. The second-order valence-electron chi connectivity index (χ2n) is 3.58. The lowest BCUT2D eigenvalue weighted by Crippen LogP contribution is -2.43. The minimum atomic E-state index is 0.210. The van der Waals surface area contributed by atoms with Crippen LogP contribution in [-0.2, 0) is 0 Å². The molecule has 0 aromatic carbocycles. The van der Waals surface area contributed by atoms with Gasteiger partial charge in [-0.25, -0.2) is 0 Å². The molecule has 0 aliphatic carbocycles. The Labute approximate surface area is 74.1 Å². The fourth-order valence-electron chi connectivity index (χ4n) is 1.56. The third-order valence-electron chi connectivity index (χ3n) is 2.52. The van der Waals surface area contributed by atoms with Gasteiger partial charge in [-0.2, -0.15) is 11.8 Å². The highest BCUT2D eigenvalue weighted by Crippen LogP contribution is 2.28. The maximum atomic E-state index is 6.23. The van der Waals surface area contributed by atoms with Crippen molar-refractivity contribution in [2.45, 2.75) is 44.6 Å². The van der Waals surface area contributed by atoms with Crippen LogP contribution in [0.5, 0.6) is 0 Å². The van der Waals surface area contributed by atoms with Crippen molar-refractivity contribution in [3.8, 4) is 0 Å². The molecule has 0 bridgehead atoms. The molecule has 1 aliphatic rings. The van der Waals surface area contributed by atoms with Crippen molar-refractivity contribution < 1.29 is 0 Å². The summed E-state index contributed by atoms with van der Waals surface area (Å²) in [6, 6.07) is 0. The summed E-state index contributed by atoms with van der Waals surface area (Å²) in [4.78, 5) is 0. The van der Waals surface area contributed by atoms with Crippen LogP contribution in [0.1, 0.15) is 39.0 Å². The van der Waals surface area contributed by atoms with Crippen LogP contribution in [0, 0.1) is 0 Å². The molecular formula is C9H19NS. The molecule has 1 fully saturated rings. The lowest BCUT2D eigenvalue weighted by Gasteiger charge is -2.33. The molecule has 66 valence electrons. The predicted octanol–water partition coefficient (Wildman–Crippen LogP) is 2.40. The Morgan fingerprint density at radius 1 is 1.36 bits per heavy atom.